The first-order valence-corrected chi connectivity index (χ1v) is 14.1. The number of benzene rings is 2. The van der Waals surface area contributed by atoms with Crippen LogP contribution >= 0.6 is 12.4 Å². The van der Waals surface area contributed by atoms with Crippen LogP contribution in [0, 0.1) is 11.6 Å². The molecule has 1 fully saturated rings. The Labute approximate surface area is 258 Å². The number of aromatic nitrogens is 1. The van der Waals surface area contributed by atoms with Crippen molar-refractivity contribution in [1.29, 1.82) is 0 Å². The van der Waals surface area contributed by atoms with Crippen molar-refractivity contribution in [3.63, 3.8) is 0 Å². The molecule has 0 bridgehead atoms. The van der Waals surface area contributed by atoms with Crippen molar-refractivity contribution in [3.05, 3.63) is 65.1 Å². The lowest BCUT2D eigenvalue weighted by atomic mass is 10.2. The Balaban J connectivity index is 0.00000529. The van der Waals surface area contributed by atoms with E-state index in [4.69, 9.17) is 14.9 Å². The predicted molar refractivity (Wildman–Crippen MR) is 156 cm³/mol. The van der Waals surface area contributed by atoms with Crippen molar-refractivity contribution in [2.75, 3.05) is 6.61 Å². The van der Waals surface area contributed by atoms with Crippen molar-refractivity contribution in [2.45, 2.75) is 77.1 Å². The molecule has 9 nitrogen and oxygen atoms in total. The zero-order valence-corrected chi connectivity index (χ0v) is 24.9. The molecule has 0 radical (unpaired) electrons. The number of halogens is 5. The van der Waals surface area contributed by atoms with E-state index in [1.165, 1.54) is 24.3 Å². The van der Waals surface area contributed by atoms with Crippen LogP contribution in [0.15, 0.2) is 40.8 Å². The second-order valence-corrected chi connectivity index (χ2v) is 10.3. The molecule has 4 N–H and O–H groups in total. The van der Waals surface area contributed by atoms with Gasteiger partial charge < -0.3 is 30.3 Å². The first-order chi connectivity index (χ1) is 20.6. The highest BCUT2D eigenvalue weighted by atomic mass is 35.5. The second kappa shape index (κ2) is 16.3. The number of carbonyl (C=O) groups excluding carboxylic acids is 2. The Morgan fingerprint density at radius 1 is 1.09 bits per heavy atom. The summed E-state index contributed by atoms with van der Waals surface area (Å²) in [6, 6.07) is 6.52. The SMILES string of the molecule is C[C@H](N)c1oc(-c2ccc(OC(F)F)c(OCCCCC(=O)NC3CCCC3)c2)nc1C(=O)NCc1ccc(F)cc1F.Cl. The Kier molecular flexibility index (Phi) is 12.8. The third-order valence-electron chi connectivity index (χ3n) is 6.92. The van der Waals surface area contributed by atoms with Gasteiger partial charge in [-0.05, 0) is 56.9 Å². The Morgan fingerprint density at radius 3 is 2.52 bits per heavy atom. The predicted octanol–water partition coefficient (Wildman–Crippen LogP) is 6.20. The van der Waals surface area contributed by atoms with Crippen LogP contribution in [0.3, 0.4) is 0 Å². The van der Waals surface area contributed by atoms with E-state index in [0.29, 0.717) is 25.3 Å². The van der Waals surface area contributed by atoms with Crippen LogP contribution in [0.5, 0.6) is 11.5 Å². The smallest absolute Gasteiger partial charge is 0.387 e. The monoisotopic (exact) mass is 642 g/mol. The summed E-state index contributed by atoms with van der Waals surface area (Å²) >= 11 is 0. The van der Waals surface area contributed by atoms with Gasteiger partial charge >= 0.3 is 6.61 Å². The van der Waals surface area contributed by atoms with Gasteiger partial charge in [-0.15, -0.1) is 12.4 Å². The van der Waals surface area contributed by atoms with Crippen LogP contribution in [0.1, 0.15) is 79.7 Å². The number of oxazole rings is 1. The number of ether oxygens (including phenoxy) is 2. The zero-order chi connectivity index (χ0) is 30.9. The fraction of sp³-hybridized carbons (Fsp3) is 0.433. The first-order valence-electron chi connectivity index (χ1n) is 14.1. The van der Waals surface area contributed by atoms with E-state index in [1.54, 1.807) is 6.92 Å². The minimum absolute atomic E-state index is 0. The van der Waals surface area contributed by atoms with Crippen molar-refractivity contribution in [1.82, 2.24) is 15.6 Å². The molecular weight excluding hydrogens is 608 g/mol. The van der Waals surface area contributed by atoms with Gasteiger partial charge in [0.2, 0.25) is 11.8 Å². The van der Waals surface area contributed by atoms with Crippen LogP contribution in [-0.4, -0.2) is 36.1 Å². The third kappa shape index (κ3) is 9.58. The summed E-state index contributed by atoms with van der Waals surface area (Å²) in [5.74, 6) is -2.52. The molecule has 2 amide bonds. The highest BCUT2D eigenvalue weighted by Crippen LogP contribution is 2.35. The van der Waals surface area contributed by atoms with Gasteiger partial charge in [0.1, 0.15) is 11.6 Å². The fourth-order valence-corrected chi connectivity index (χ4v) is 4.74. The van der Waals surface area contributed by atoms with Gasteiger partial charge in [-0.3, -0.25) is 9.59 Å². The van der Waals surface area contributed by atoms with E-state index in [1.807, 2.05) is 0 Å². The molecule has 0 saturated heterocycles. The molecule has 3 aromatic rings. The molecule has 1 aromatic heterocycles. The van der Waals surface area contributed by atoms with E-state index in [-0.39, 0.29) is 77.5 Å². The van der Waals surface area contributed by atoms with Crippen LogP contribution in [0.4, 0.5) is 17.6 Å². The van der Waals surface area contributed by atoms with Crippen molar-refractivity contribution in [2.24, 2.45) is 5.73 Å². The molecular formula is C30H35ClF4N4O5. The molecule has 0 spiro atoms. The molecule has 1 aliphatic rings. The molecule has 1 atom stereocenters. The van der Waals surface area contributed by atoms with E-state index in [9.17, 15) is 27.2 Å². The molecule has 4 rings (SSSR count). The van der Waals surface area contributed by atoms with Crippen LogP contribution in [0.25, 0.3) is 11.5 Å². The van der Waals surface area contributed by atoms with Gasteiger partial charge in [0.15, 0.2) is 23.0 Å². The average Bonchev–Trinajstić information content (AvgIpc) is 3.63. The summed E-state index contributed by atoms with van der Waals surface area (Å²) in [5, 5.41) is 5.53. The number of hydrogen-bond donors (Lipinski definition) is 3. The van der Waals surface area contributed by atoms with Gasteiger partial charge in [0.25, 0.3) is 5.91 Å². The quantitative estimate of drug-likeness (QED) is 0.141. The average molecular weight is 643 g/mol. The summed E-state index contributed by atoms with van der Waals surface area (Å²) in [6.07, 6.45) is 5.59. The number of amides is 2. The van der Waals surface area contributed by atoms with Crippen LogP contribution in [0.2, 0.25) is 0 Å². The number of rotatable bonds is 14. The maximum atomic E-state index is 14.0. The zero-order valence-electron chi connectivity index (χ0n) is 24.0. The number of nitrogens with two attached hydrogens (primary N) is 1. The van der Waals surface area contributed by atoms with Crippen molar-refractivity contribution < 1.29 is 41.0 Å². The summed E-state index contributed by atoms with van der Waals surface area (Å²) < 4.78 is 69.4. The van der Waals surface area contributed by atoms with E-state index >= 15 is 0 Å². The van der Waals surface area contributed by atoms with Gasteiger partial charge in [-0.25, -0.2) is 13.8 Å². The minimum Gasteiger partial charge on any atom is -0.490 e. The Bertz CT molecular complexity index is 1420. The summed E-state index contributed by atoms with van der Waals surface area (Å²) in [6.45, 7) is -1.64. The van der Waals surface area contributed by atoms with E-state index in [2.05, 4.69) is 20.4 Å². The molecule has 14 heteroatoms. The Hall–Kier alpha value is -3.84. The Morgan fingerprint density at radius 2 is 1.84 bits per heavy atom. The van der Waals surface area contributed by atoms with Gasteiger partial charge in [-0.2, -0.15) is 8.78 Å². The lowest BCUT2D eigenvalue weighted by molar-refractivity contribution is -0.121. The van der Waals surface area contributed by atoms with Crippen LogP contribution in [-0.2, 0) is 11.3 Å². The number of hydrogen-bond acceptors (Lipinski definition) is 7. The normalized spacial score (nSPS) is 13.8. The lowest BCUT2D eigenvalue weighted by Gasteiger charge is -2.14. The molecule has 2 aromatic carbocycles. The molecule has 0 aliphatic heterocycles. The summed E-state index contributed by atoms with van der Waals surface area (Å²) in [5.41, 5.74) is 6.19. The number of nitrogens with one attached hydrogen (secondary N) is 2. The molecule has 1 aliphatic carbocycles. The molecule has 240 valence electrons. The second-order valence-electron chi connectivity index (χ2n) is 10.3. The third-order valence-corrected chi connectivity index (χ3v) is 6.92. The number of unbranched alkanes of at least 4 members (excludes halogenated alkanes) is 1. The number of carbonyl (C=O) groups is 2. The summed E-state index contributed by atoms with van der Waals surface area (Å²) in [7, 11) is 0. The highest BCUT2D eigenvalue weighted by Gasteiger charge is 2.25. The number of alkyl halides is 2. The molecule has 1 saturated carbocycles. The molecule has 44 heavy (non-hydrogen) atoms. The standard InChI is InChI=1S/C30H34F4N4O5.ClH/c1-17(35)27-26(28(40)36-16-19-9-11-20(31)15-22(19)32)38-29(43-27)18-10-12-23(42-30(33)34)24(14-18)41-13-5-4-8-25(39)37-21-6-2-3-7-21;/h9-12,14-15,17,21,30H,2-8,13,16,35H2,1H3,(H,36,40)(H,37,39);1H/t17-;/m0./s1. The lowest BCUT2D eigenvalue weighted by Crippen LogP contribution is -2.32. The largest absolute Gasteiger partial charge is 0.490 e. The molecule has 1 heterocycles. The van der Waals surface area contributed by atoms with E-state index < -0.39 is 30.2 Å². The minimum atomic E-state index is -3.10. The van der Waals surface area contributed by atoms with E-state index in [0.717, 1.165) is 31.7 Å². The van der Waals surface area contributed by atoms with Gasteiger partial charge in [-0.1, -0.05) is 18.9 Å². The van der Waals surface area contributed by atoms with Gasteiger partial charge in [0, 0.05) is 36.2 Å². The fourth-order valence-electron chi connectivity index (χ4n) is 4.74. The first kappa shape index (κ1) is 34.6. The maximum Gasteiger partial charge on any atom is 0.387 e. The highest BCUT2D eigenvalue weighted by molar-refractivity contribution is 5.94. The van der Waals surface area contributed by atoms with Gasteiger partial charge in [0.05, 0.1) is 12.6 Å². The maximum absolute atomic E-state index is 14.0. The topological polar surface area (TPSA) is 129 Å². The molecule has 0 unspecified atom stereocenters. The number of nitrogens with zero attached hydrogens (tertiary/aromatic N) is 1. The van der Waals surface area contributed by atoms with Crippen molar-refractivity contribution in [3.8, 4) is 23.0 Å². The van der Waals surface area contributed by atoms with Crippen molar-refractivity contribution >= 4 is 24.2 Å². The van der Waals surface area contributed by atoms with Crippen LogP contribution < -0.4 is 25.8 Å². The summed E-state index contributed by atoms with van der Waals surface area (Å²) in [4.78, 5) is 29.3.